The standard InChI is InChI=1S/C22H30N2O4S/c1-7-28-18-11-9-17(10-12-18)15-24(6)21(25)20-14-19(13-8-16(20)2)29(26,27)23-22(3,4)5/h8-14,23H,7,15H2,1-6H3. The molecule has 2 rings (SSSR count). The molecule has 6 nitrogen and oxygen atoms in total. The van der Waals surface area contributed by atoms with E-state index in [1.165, 1.54) is 12.1 Å². The predicted molar refractivity (Wildman–Crippen MR) is 115 cm³/mol. The van der Waals surface area contributed by atoms with Gasteiger partial charge in [-0.2, -0.15) is 0 Å². The van der Waals surface area contributed by atoms with Crippen LogP contribution in [0.4, 0.5) is 0 Å². The number of sulfonamides is 1. The summed E-state index contributed by atoms with van der Waals surface area (Å²) in [6.45, 7) is 10.0. The van der Waals surface area contributed by atoms with Crippen molar-refractivity contribution in [3.8, 4) is 5.75 Å². The zero-order valence-corrected chi connectivity index (χ0v) is 18.8. The second kappa shape index (κ2) is 8.97. The van der Waals surface area contributed by atoms with Crippen LogP contribution in [0.1, 0.15) is 49.2 Å². The molecule has 0 spiro atoms. The maximum absolute atomic E-state index is 13.0. The Bertz CT molecular complexity index is 961. The summed E-state index contributed by atoms with van der Waals surface area (Å²) in [5.41, 5.74) is 1.44. The summed E-state index contributed by atoms with van der Waals surface area (Å²) in [5, 5.41) is 0. The van der Waals surface area contributed by atoms with Gasteiger partial charge in [0.15, 0.2) is 0 Å². The maximum Gasteiger partial charge on any atom is 0.254 e. The summed E-state index contributed by atoms with van der Waals surface area (Å²) in [7, 11) is -2.02. The molecule has 0 aliphatic carbocycles. The lowest BCUT2D eigenvalue weighted by Gasteiger charge is -2.22. The molecule has 0 aromatic heterocycles. The molecule has 0 radical (unpaired) electrons. The molecule has 1 amide bonds. The SMILES string of the molecule is CCOc1ccc(CN(C)C(=O)c2cc(S(=O)(=O)NC(C)(C)C)ccc2C)cc1. The zero-order valence-electron chi connectivity index (χ0n) is 17.9. The quantitative estimate of drug-likeness (QED) is 0.743. The molecule has 0 aliphatic heterocycles. The molecule has 2 aromatic carbocycles. The van der Waals surface area contributed by atoms with Crippen LogP contribution in [-0.2, 0) is 16.6 Å². The van der Waals surface area contributed by atoms with Gasteiger partial charge in [-0.05, 0) is 70.0 Å². The van der Waals surface area contributed by atoms with E-state index in [-0.39, 0.29) is 10.8 Å². The molecular weight excluding hydrogens is 388 g/mol. The Labute approximate surface area is 173 Å². The van der Waals surface area contributed by atoms with E-state index in [1.807, 2.05) is 31.2 Å². The van der Waals surface area contributed by atoms with Gasteiger partial charge in [-0.1, -0.05) is 18.2 Å². The molecule has 2 aromatic rings. The van der Waals surface area contributed by atoms with Gasteiger partial charge in [0.05, 0.1) is 11.5 Å². The highest BCUT2D eigenvalue weighted by Crippen LogP contribution is 2.20. The molecule has 0 aliphatic rings. The second-order valence-corrected chi connectivity index (χ2v) is 9.75. The average molecular weight is 419 g/mol. The normalized spacial score (nSPS) is 11.9. The third-order valence-electron chi connectivity index (χ3n) is 4.19. The molecule has 0 saturated heterocycles. The van der Waals surface area contributed by atoms with Crippen molar-refractivity contribution in [1.29, 1.82) is 0 Å². The summed E-state index contributed by atoms with van der Waals surface area (Å²) in [4.78, 5) is 14.6. The number of aryl methyl sites for hydroxylation is 1. The Kier molecular flexibility index (Phi) is 7.08. The zero-order chi connectivity index (χ0) is 21.8. The van der Waals surface area contributed by atoms with Crippen LogP contribution in [0.3, 0.4) is 0 Å². The van der Waals surface area contributed by atoms with Crippen molar-refractivity contribution in [2.75, 3.05) is 13.7 Å². The Morgan fingerprint density at radius 2 is 1.72 bits per heavy atom. The fourth-order valence-corrected chi connectivity index (χ4v) is 4.31. The van der Waals surface area contributed by atoms with Gasteiger partial charge in [-0.25, -0.2) is 13.1 Å². The number of carbonyl (C=O) groups is 1. The number of hydrogen-bond donors (Lipinski definition) is 1. The number of nitrogens with one attached hydrogen (secondary N) is 1. The van der Waals surface area contributed by atoms with Gasteiger partial charge >= 0.3 is 0 Å². The van der Waals surface area contributed by atoms with Gasteiger partial charge in [-0.15, -0.1) is 0 Å². The largest absolute Gasteiger partial charge is 0.494 e. The minimum atomic E-state index is -3.72. The average Bonchev–Trinajstić information content (AvgIpc) is 2.61. The van der Waals surface area contributed by atoms with Crippen LogP contribution in [-0.4, -0.2) is 38.4 Å². The van der Waals surface area contributed by atoms with Gasteiger partial charge < -0.3 is 9.64 Å². The lowest BCUT2D eigenvalue weighted by molar-refractivity contribution is 0.0784. The van der Waals surface area contributed by atoms with E-state index in [4.69, 9.17) is 4.74 Å². The van der Waals surface area contributed by atoms with Crippen molar-refractivity contribution in [2.24, 2.45) is 0 Å². The van der Waals surface area contributed by atoms with Crippen molar-refractivity contribution < 1.29 is 17.9 Å². The molecular formula is C22H30N2O4S. The van der Waals surface area contributed by atoms with Gasteiger partial charge in [-0.3, -0.25) is 4.79 Å². The number of rotatable bonds is 7. The molecule has 0 atom stereocenters. The summed E-state index contributed by atoms with van der Waals surface area (Å²) in [6, 6.07) is 12.2. The first-order valence-electron chi connectivity index (χ1n) is 9.55. The monoisotopic (exact) mass is 418 g/mol. The highest BCUT2D eigenvalue weighted by Gasteiger charge is 2.24. The number of benzene rings is 2. The topological polar surface area (TPSA) is 75.7 Å². The Morgan fingerprint density at radius 3 is 2.28 bits per heavy atom. The van der Waals surface area contributed by atoms with E-state index >= 15 is 0 Å². The lowest BCUT2D eigenvalue weighted by atomic mass is 10.1. The highest BCUT2D eigenvalue weighted by molar-refractivity contribution is 7.89. The summed E-state index contributed by atoms with van der Waals surface area (Å²) < 4.78 is 33.3. The molecule has 0 fully saturated rings. The van der Waals surface area contributed by atoms with E-state index < -0.39 is 15.6 Å². The van der Waals surface area contributed by atoms with Crippen LogP contribution in [0, 0.1) is 6.92 Å². The number of amides is 1. The summed E-state index contributed by atoms with van der Waals surface area (Å²) >= 11 is 0. The molecule has 0 heterocycles. The number of ether oxygens (including phenoxy) is 1. The predicted octanol–water partition coefficient (Wildman–Crippen LogP) is 3.74. The van der Waals surface area contributed by atoms with Crippen molar-refractivity contribution in [3.05, 3.63) is 59.2 Å². The van der Waals surface area contributed by atoms with Crippen LogP contribution >= 0.6 is 0 Å². The lowest BCUT2D eigenvalue weighted by Crippen LogP contribution is -2.40. The maximum atomic E-state index is 13.0. The first kappa shape index (κ1) is 22.9. The van der Waals surface area contributed by atoms with E-state index in [2.05, 4.69) is 4.72 Å². The van der Waals surface area contributed by atoms with Gasteiger partial charge in [0, 0.05) is 24.7 Å². The molecule has 7 heteroatoms. The molecule has 29 heavy (non-hydrogen) atoms. The number of carbonyl (C=O) groups excluding carboxylic acids is 1. The van der Waals surface area contributed by atoms with Crippen LogP contribution in [0.15, 0.2) is 47.4 Å². The van der Waals surface area contributed by atoms with Crippen LogP contribution in [0.5, 0.6) is 5.75 Å². The number of hydrogen-bond acceptors (Lipinski definition) is 4. The van der Waals surface area contributed by atoms with Crippen molar-refractivity contribution in [3.63, 3.8) is 0 Å². The van der Waals surface area contributed by atoms with Crippen LogP contribution in [0.2, 0.25) is 0 Å². The molecule has 158 valence electrons. The fourth-order valence-electron chi connectivity index (χ4n) is 2.87. The Balaban J connectivity index is 2.23. The van der Waals surface area contributed by atoms with Crippen LogP contribution < -0.4 is 9.46 Å². The third kappa shape index (κ3) is 6.30. The van der Waals surface area contributed by atoms with Gasteiger partial charge in [0.2, 0.25) is 10.0 Å². The van der Waals surface area contributed by atoms with E-state index in [0.717, 1.165) is 16.9 Å². The molecule has 0 bridgehead atoms. The molecule has 1 N–H and O–H groups in total. The minimum absolute atomic E-state index is 0.0795. The summed E-state index contributed by atoms with van der Waals surface area (Å²) in [6.07, 6.45) is 0. The van der Waals surface area contributed by atoms with E-state index in [1.54, 1.807) is 45.7 Å². The van der Waals surface area contributed by atoms with Crippen molar-refractivity contribution in [2.45, 2.75) is 51.6 Å². The number of nitrogens with zero attached hydrogens (tertiary/aromatic N) is 1. The summed E-state index contributed by atoms with van der Waals surface area (Å²) in [5.74, 6) is 0.550. The molecule has 0 saturated carbocycles. The minimum Gasteiger partial charge on any atom is -0.494 e. The fraction of sp³-hybridized carbons (Fsp3) is 0.409. The van der Waals surface area contributed by atoms with E-state index in [9.17, 15) is 13.2 Å². The van der Waals surface area contributed by atoms with Gasteiger partial charge in [0.1, 0.15) is 5.75 Å². The third-order valence-corrected chi connectivity index (χ3v) is 5.95. The smallest absolute Gasteiger partial charge is 0.254 e. The van der Waals surface area contributed by atoms with Crippen molar-refractivity contribution in [1.82, 2.24) is 9.62 Å². The first-order chi connectivity index (χ1) is 13.4. The Morgan fingerprint density at radius 1 is 1.10 bits per heavy atom. The van der Waals surface area contributed by atoms with Crippen molar-refractivity contribution >= 4 is 15.9 Å². The Hall–Kier alpha value is -2.38. The first-order valence-corrected chi connectivity index (χ1v) is 11.0. The second-order valence-electron chi connectivity index (χ2n) is 8.07. The van der Waals surface area contributed by atoms with E-state index in [0.29, 0.717) is 18.7 Å². The van der Waals surface area contributed by atoms with Crippen LogP contribution in [0.25, 0.3) is 0 Å². The van der Waals surface area contributed by atoms with Gasteiger partial charge in [0.25, 0.3) is 5.91 Å². The highest BCUT2D eigenvalue weighted by atomic mass is 32.2. The molecule has 0 unspecified atom stereocenters.